The standard InChI is InChI=1S/C53H86O6/c1-4-7-10-13-16-19-22-25-26-27-29-31-34-37-40-43-46-52(55)58-49-50(48-57-51(54)45-42-39-36-33-30-24-21-18-15-12-9-6-3)59-53(56)47-44-41-38-35-32-28-23-20-17-14-11-8-5-2/h7,9-10,12,16,18-19,21,25-26,28-33,50H,4-6,8,11,13-15,17,20,22-24,27,34-49H2,1-3H3/b10-7-,12-9-,19-16-,21-18-,26-25-,31-29-,32-28-,33-30-. The zero-order valence-corrected chi connectivity index (χ0v) is 38.0. The highest BCUT2D eigenvalue weighted by Gasteiger charge is 2.19. The number of unbranched alkanes of at least 4 members (excludes halogenated alkanes) is 14. The smallest absolute Gasteiger partial charge is 0.306 e. The highest BCUT2D eigenvalue weighted by atomic mass is 16.6. The molecule has 6 nitrogen and oxygen atoms in total. The molecule has 0 saturated heterocycles. The fourth-order valence-electron chi connectivity index (χ4n) is 6.03. The van der Waals surface area contributed by atoms with Crippen molar-refractivity contribution in [3.63, 3.8) is 0 Å². The van der Waals surface area contributed by atoms with Gasteiger partial charge in [0.1, 0.15) is 13.2 Å². The van der Waals surface area contributed by atoms with E-state index in [0.29, 0.717) is 19.3 Å². The van der Waals surface area contributed by atoms with Gasteiger partial charge in [0.2, 0.25) is 0 Å². The molecular formula is C53H86O6. The molecule has 59 heavy (non-hydrogen) atoms. The summed E-state index contributed by atoms with van der Waals surface area (Å²) in [6.07, 6.45) is 61.1. The summed E-state index contributed by atoms with van der Waals surface area (Å²) < 4.78 is 16.7. The van der Waals surface area contributed by atoms with Gasteiger partial charge in [-0.25, -0.2) is 0 Å². The van der Waals surface area contributed by atoms with Crippen LogP contribution in [-0.2, 0) is 28.6 Å². The van der Waals surface area contributed by atoms with E-state index in [2.05, 4.69) is 118 Å². The van der Waals surface area contributed by atoms with Crippen LogP contribution in [0.5, 0.6) is 0 Å². The summed E-state index contributed by atoms with van der Waals surface area (Å²) in [5.74, 6) is -1.01. The Hall–Kier alpha value is -3.67. The molecule has 0 aromatic carbocycles. The molecule has 0 aliphatic rings. The molecular weight excluding hydrogens is 733 g/mol. The molecule has 1 atom stereocenters. The lowest BCUT2D eigenvalue weighted by molar-refractivity contribution is -0.167. The van der Waals surface area contributed by atoms with Gasteiger partial charge in [-0.1, -0.05) is 163 Å². The quantitative estimate of drug-likeness (QED) is 0.0265. The molecule has 0 rings (SSSR count). The molecule has 0 aliphatic carbocycles. The number of ether oxygens (including phenoxy) is 3. The van der Waals surface area contributed by atoms with Crippen molar-refractivity contribution in [3.05, 3.63) is 97.2 Å². The lowest BCUT2D eigenvalue weighted by atomic mass is 10.1. The second-order valence-corrected chi connectivity index (χ2v) is 15.2. The maximum absolute atomic E-state index is 12.7. The number of carbonyl (C=O) groups is 3. The lowest BCUT2D eigenvalue weighted by Gasteiger charge is -2.18. The highest BCUT2D eigenvalue weighted by molar-refractivity contribution is 5.71. The molecule has 0 aliphatic heterocycles. The molecule has 6 heteroatoms. The highest BCUT2D eigenvalue weighted by Crippen LogP contribution is 2.12. The third-order valence-corrected chi connectivity index (χ3v) is 9.55. The van der Waals surface area contributed by atoms with Crippen LogP contribution in [0.25, 0.3) is 0 Å². The van der Waals surface area contributed by atoms with Gasteiger partial charge in [-0.3, -0.25) is 14.4 Å². The molecule has 0 N–H and O–H groups in total. The Balaban J connectivity index is 4.52. The molecule has 0 aromatic rings. The van der Waals surface area contributed by atoms with E-state index < -0.39 is 6.10 Å². The van der Waals surface area contributed by atoms with Gasteiger partial charge >= 0.3 is 17.9 Å². The van der Waals surface area contributed by atoms with Gasteiger partial charge in [0, 0.05) is 19.3 Å². The topological polar surface area (TPSA) is 78.9 Å². The molecule has 0 fully saturated rings. The fourth-order valence-corrected chi connectivity index (χ4v) is 6.03. The number of rotatable bonds is 41. The SMILES string of the molecule is CC/C=C\C/C=C\C/C=C\C/C=C\CCCCCC(=O)OCC(COC(=O)CCCC/C=C\C/C=C\C/C=C\CC)OC(=O)CCCCC/C=C\CCCCCCCC. The molecule has 0 radical (unpaired) electrons. The largest absolute Gasteiger partial charge is 0.462 e. The van der Waals surface area contributed by atoms with E-state index in [-0.39, 0.29) is 31.1 Å². The zero-order chi connectivity index (χ0) is 43.0. The summed E-state index contributed by atoms with van der Waals surface area (Å²) in [5, 5.41) is 0. The monoisotopic (exact) mass is 819 g/mol. The van der Waals surface area contributed by atoms with Crippen molar-refractivity contribution >= 4 is 17.9 Å². The second-order valence-electron chi connectivity index (χ2n) is 15.2. The average molecular weight is 819 g/mol. The Labute approximate surface area is 362 Å². The Morgan fingerprint density at radius 1 is 0.356 bits per heavy atom. The zero-order valence-electron chi connectivity index (χ0n) is 38.0. The van der Waals surface area contributed by atoms with Crippen LogP contribution < -0.4 is 0 Å². The van der Waals surface area contributed by atoms with Gasteiger partial charge in [-0.15, -0.1) is 0 Å². The predicted octanol–water partition coefficient (Wildman–Crippen LogP) is 15.4. The van der Waals surface area contributed by atoms with Gasteiger partial charge in [-0.05, 0) is 116 Å². The molecule has 1 unspecified atom stereocenters. The van der Waals surface area contributed by atoms with Crippen LogP contribution in [0.3, 0.4) is 0 Å². The molecule has 0 spiro atoms. The van der Waals surface area contributed by atoms with Crippen LogP contribution in [0.2, 0.25) is 0 Å². The van der Waals surface area contributed by atoms with E-state index in [1.54, 1.807) is 0 Å². The van der Waals surface area contributed by atoms with Gasteiger partial charge in [-0.2, -0.15) is 0 Å². The molecule has 0 aromatic heterocycles. The van der Waals surface area contributed by atoms with Crippen molar-refractivity contribution in [1.82, 2.24) is 0 Å². The fraction of sp³-hybridized carbons (Fsp3) is 0.642. The molecule has 334 valence electrons. The minimum absolute atomic E-state index is 0.114. The van der Waals surface area contributed by atoms with Crippen molar-refractivity contribution in [1.29, 1.82) is 0 Å². The summed E-state index contributed by atoms with van der Waals surface area (Å²) in [6, 6.07) is 0. The van der Waals surface area contributed by atoms with Crippen LogP contribution in [0.4, 0.5) is 0 Å². The third-order valence-electron chi connectivity index (χ3n) is 9.55. The van der Waals surface area contributed by atoms with E-state index in [4.69, 9.17) is 14.2 Å². The van der Waals surface area contributed by atoms with Crippen molar-refractivity contribution in [2.75, 3.05) is 13.2 Å². The first-order valence-corrected chi connectivity index (χ1v) is 23.7. The second kappa shape index (κ2) is 47.0. The van der Waals surface area contributed by atoms with Crippen molar-refractivity contribution in [2.45, 2.75) is 207 Å². The summed E-state index contributed by atoms with van der Waals surface area (Å²) in [4.78, 5) is 37.8. The van der Waals surface area contributed by atoms with E-state index in [1.165, 1.54) is 38.5 Å². The summed E-state index contributed by atoms with van der Waals surface area (Å²) in [5.41, 5.74) is 0. The average Bonchev–Trinajstić information content (AvgIpc) is 3.23. The van der Waals surface area contributed by atoms with Crippen molar-refractivity contribution in [2.24, 2.45) is 0 Å². The minimum atomic E-state index is -0.813. The van der Waals surface area contributed by atoms with Crippen LogP contribution in [0, 0.1) is 0 Å². The van der Waals surface area contributed by atoms with Crippen molar-refractivity contribution in [3.8, 4) is 0 Å². The number of carbonyl (C=O) groups excluding carboxylic acids is 3. The van der Waals surface area contributed by atoms with Crippen LogP contribution >= 0.6 is 0 Å². The first-order valence-electron chi connectivity index (χ1n) is 23.7. The van der Waals surface area contributed by atoms with Crippen LogP contribution in [0.1, 0.15) is 201 Å². The Morgan fingerprint density at radius 2 is 0.661 bits per heavy atom. The van der Waals surface area contributed by atoms with Gasteiger partial charge in [0.25, 0.3) is 0 Å². The first kappa shape index (κ1) is 55.3. The third kappa shape index (κ3) is 45.3. The normalized spacial score (nSPS) is 12.9. The molecule has 0 saturated carbocycles. The number of hydrogen-bond donors (Lipinski definition) is 0. The number of esters is 3. The lowest BCUT2D eigenvalue weighted by Crippen LogP contribution is -2.30. The summed E-state index contributed by atoms with van der Waals surface area (Å²) in [7, 11) is 0. The van der Waals surface area contributed by atoms with E-state index in [1.807, 2.05) is 0 Å². The maximum Gasteiger partial charge on any atom is 0.306 e. The van der Waals surface area contributed by atoms with Gasteiger partial charge < -0.3 is 14.2 Å². The van der Waals surface area contributed by atoms with E-state index >= 15 is 0 Å². The summed E-state index contributed by atoms with van der Waals surface area (Å²) >= 11 is 0. The van der Waals surface area contributed by atoms with Gasteiger partial charge in [0.05, 0.1) is 0 Å². The van der Waals surface area contributed by atoms with Crippen LogP contribution in [0.15, 0.2) is 97.2 Å². The maximum atomic E-state index is 12.7. The number of hydrogen-bond acceptors (Lipinski definition) is 6. The molecule has 0 amide bonds. The summed E-state index contributed by atoms with van der Waals surface area (Å²) in [6.45, 7) is 6.30. The Morgan fingerprint density at radius 3 is 1.08 bits per heavy atom. The van der Waals surface area contributed by atoms with E-state index in [0.717, 1.165) is 122 Å². The predicted molar refractivity (Wildman–Crippen MR) is 251 cm³/mol. The van der Waals surface area contributed by atoms with E-state index in [9.17, 15) is 14.4 Å². The number of allylic oxidation sites excluding steroid dienone is 16. The molecule has 0 heterocycles. The van der Waals surface area contributed by atoms with Crippen molar-refractivity contribution < 1.29 is 28.6 Å². The minimum Gasteiger partial charge on any atom is -0.462 e. The molecule has 0 bridgehead atoms. The van der Waals surface area contributed by atoms with Gasteiger partial charge in [0.15, 0.2) is 6.10 Å². The van der Waals surface area contributed by atoms with Crippen LogP contribution in [-0.4, -0.2) is 37.2 Å². The Kier molecular flexibility index (Phi) is 44.1. The Bertz CT molecular complexity index is 1220. The first-order chi connectivity index (χ1) is 29.0.